The summed E-state index contributed by atoms with van der Waals surface area (Å²) in [6, 6.07) is 12.3. The molecule has 7 heteroatoms. The van der Waals surface area contributed by atoms with Crippen molar-refractivity contribution in [1.29, 1.82) is 0 Å². The predicted molar refractivity (Wildman–Crippen MR) is 123 cm³/mol. The summed E-state index contributed by atoms with van der Waals surface area (Å²) in [4.78, 5) is 26.7. The van der Waals surface area contributed by atoms with Crippen LogP contribution in [0.25, 0.3) is 0 Å². The number of piperidine rings is 1. The highest BCUT2D eigenvalue weighted by molar-refractivity contribution is 9.10. The van der Waals surface area contributed by atoms with Crippen molar-refractivity contribution in [3.05, 3.63) is 69.4 Å². The van der Waals surface area contributed by atoms with Gasteiger partial charge in [0.1, 0.15) is 5.82 Å². The van der Waals surface area contributed by atoms with Crippen LogP contribution in [0.4, 0.5) is 4.39 Å². The van der Waals surface area contributed by atoms with E-state index in [1.807, 2.05) is 12.1 Å². The second kappa shape index (κ2) is 11.4. The third-order valence-corrected chi connectivity index (χ3v) is 6.30. The van der Waals surface area contributed by atoms with Gasteiger partial charge in [0.2, 0.25) is 5.91 Å². The minimum Gasteiger partial charge on any atom is -0.352 e. The number of amides is 2. The van der Waals surface area contributed by atoms with E-state index in [-0.39, 0.29) is 24.4 Å². The molecule has 2 N–H and O–H groups in total. The number of nitrogens with one attached hydrogen (secondary N) is 2. The standard InChI is InChI=1S/C24H29BrFN3O2/c1-17-9-12-29(13-10-17)16-19-4-2-18(3-5-19)15-28-23(30)8-11-27-24(31)21-14-20(26)6-7-22(21)25/h2-7,14,17H,8-13,15-16H2,1H3,(H,27,31)(H,28,30). The van der Waals surface area contributed by atoms with E-state index in [1.165, 1.54) is 30.5 Å². The molecule has 3 rings (SSSR count). The SMILES string of the molecule is CC1CCN(Cc2ccc(CNC(=O)CCNC(=O)c3cc(F)ccc3Br)cc2)CC1. The van der Waals surface area contributed by atoms with Crippen LogP contribution in [0, 0.1) is 11.7 Å². The highest BCUT2D eigenvalue weighted by Gasteiger charge is 2.15. The Morgan fingerprint density at radius 3 is 2.45 bits per heavy atom. The van der Waals surface area contributed by atoms with Crippen LogP contribution < -0.4 is 10.6 Å². The molecule has 2 aromatic rings. The number of hydrogen-bond donors (Lipinski definition) is 2. The van der Waals surface area contributed by atoms with Gasteiger partial charge in [-0.3, -0.25) is 14.5 Å². The monoisotopic (exact) mass is 489 g/mol. The number of carbonyl (C=O) groups is 2. The van der Waals surface area contributed by atoms with E-state index in [1.54, 1.807) is 0 Å². The minimum atomic E-state index is -0.484. The summed E-state index contributed by atoms with van der Waals surface area (Å²) in [7, 11) is 0. The molecule has 31 heavy (non-hydrogen) atoms. The molecule has 0 aliphatic carbocycles. The lowest BCUT2D eigenvalue weighted by atomic mass is 9.99. The Morgan fingerprint density at radius 2 is 1.74 bits per heavy atom. The molecule has 166 valence electrons. The van der Waals surface area contributed by atoms with Crippen LogP contribution in [0.2, 0.25) is 0 Å². The molecule has 0 saturated carbocycles. The van der Waals surface area contributed by atoms with Gasteiger partial charge in [0.15, 0.2) is 0 Å². The Balaban J connectivity index is 1.36. The summed E-state index contributed by atoms with van der Waals surface area (Å²) in [5, 5.41) is 5.51. The lowest BCUT2D eigenvalue weighted by Crippen LogP contribution is -2.32. The number of nitrogens with zero attached hydrogens (tertiary/aromatic N) is 1. The molecule has 2 aromatic carbocycles. The molecule has 0 bridgehead atoms. The van der Waals surface area contributed by atoms with Gasteiger partial charge in [-0.1, -0.05) is 31.2 Å². The number of halogens is 2. The summed E-state index contributed by atoms with van der Waals surface area (Å²) in [5.74, 6) is -0.218. The summed E-state index contributed by atoms with van der Waals surface area (Å²) in [6.45, 7) is 6.24. The smallest absolute Gasteiger partial charge is 0.252 e. The van der Waals surface area contributed by atoms with Crippen molar-refractivity contribution in [3.63, 3.8) is 0 Å². The first kappa shape index (κ1) is 23.4. The van der Waals surface area contributed by atoms with Crippen LogP contribution >= 0.6 is 15.9 Å². The number of likely N-dealkylation sites (tertiary alicyclic amines) is 1. The molecule has 0 atom stereocenters. The molecule has 2 amide bonds. The second-order valence-corrected chi connectivity index (χ2v) is 9.04. The maximum Gasteiger partial charge on any atom is 0.252 e. The Morgan fingerprint density at radius 1 is 1.06 bits per heavy atom. The Kier molecular flexibility index (Phi) is 8.60. The van der Waals surface area contributed by atoms with Gasteiger partial charge in [0, 0.05) is 30.5 Å². The first-order chi connectivity index (χ1) is 14.9. The van der Waals surface area contributed by atoms with Crippen LogP contribution in [0.5, 0.6) is 0 Å². The van der Waals surface area contributed by atoms with Crippen LogP contribution in [-0.2, 0) is 17.9 Å². The molecular weight excluding hydrogens is 461 g/mol. The van der Waals surface area contributed by atoms with Gasteiger partial charge < -0.3 is 10.6 Å². The van der Waals surface area contributed by atoms with Crippen LogP contribution in [-0.4, -0.2) is 36.3 Å². The van der Waals surface area contributed by atoms with Crippen molar-refractivity contribution in [2.45, 2.75) is 39.3 Å². The van der Waals surface area contributed by atoms with Crippen molar-refractivity contribution in [1.82, 2.24) is 15.5 Å². The van der Waals surface area contributed by atoms with Gasteiger partial charge in [0.05, 0.1) is 5.56 Å². The lowest BCUT2D eigenvalue weighted by molar-refractivity contribution is -0.121. The molecule has 5 nitrogen and oxygen atoms in total. The zero-order valence-electron chi connectivity index (χ0n) is 17.8. The van der Waals surface area contributed by atoms with E-state index in [4.69, 9.17) is 0 Å². The fourth-order valence-corrected chi connectivity index (χ4v) is 4.01. The lowest BCUT2D eigenvalue weighted by Gasteiger charge is -2.30. The topological polar surface area (TPSA) is 61.4 Å². The van der Waals surface area contributed by atoms with E-state index in [0.29, 0.717) is 11.0 Å². The molecule has 1 aliphatic rings. The van der Waals surface area contributed by atoms with Gasteiger partial charge >= 0.3 is 0 Å². The molecule has 1 saturated heterocycles. The van der Waals surface area contributed by atoms with Crippen molar-refractivity contribution >= 4 is 27.7 Å². The molecule has 0 aromatic heterocycles. The average Bonchev–Trinajstić information content (AvgIpc) is 2.76. The normalized spacial score (nSPS) is 14.9. The Labute approximate surface area is 191 Å². The molecule has 0 radical (unpaired) electrons. The molecule has 0 spiro atoms. The number of benzene rings is 2. The molecule has 1 aliphatic heterocycles. The fourth-order valence-electron chi connectivity index (χ4n) is 3.59. The van der Waals surface area contributed by atoms with Crippen molar-refractivity contribution < 1.29 is 14.0 Å². The average molecular weight is 490 g/mol. The van der Waals surface area contributed by atoms with Crippen LogP contribution in [0.3, 0.4) is 0 Å². The summed E-state index contributed by atoms with van der Waals surface area (Å²) < 4.78 is 13.8. The predicted octanol–water partition coefficient (Wildman–Crippen LogP) is 4.26. The Hall–Kier alpha value is -2.25. The van der Waals surface area contributed by atoms with Gasteiger partial charge in [-0.15, -0.1) is 0 Å². The highest BCUT2D eigenvalue weighted by Crippen LogP contribution is 2.19. The molecule has 1 fully saturated rings. The van der Waals surface area contributed by atoms with Gasteiger partial charge in [-0.05, 0) is 77.1 Å². The van der Waals surface area contributed by atoms with E-state index in [9.17, 15) is 14.0 Å². The van der Waals surface area contributed by atoms with Gasteiger partial charge in [-0.2, -0.15) is 0 Å². The first-order valence-corrected chi connectivity index (χ1v) is 11.5. The molecule has 0 unspecified atom stereocenters. The van der Waals surface area contributed by atoms with Crippen molar-refractivity contribution in [2.24, 2.45) is 5.92 Å². The van der Waals surface area contributed by atoms with Gasteiger partial charge in [0.25, 0.3) is 5.91 Å². The third kappa shape index (κ3) is 7.43. The third-order valence-electron chi connectivity index (χ3n) is 5.61. The van der Waals surface area contributed by atoms with Gasteiger partial charge in [-0.25, -0.2) is 4.39 Å². The van der Waals surface area contributed by atoms with E-state index in [2.05, 4.69) is 50.5 Å². The van der Waals surface area contributed by atoms with Crippen LogP contribution in [0.1, 0.15) is 47.7 Å². The van der Waals surface area contributed by atoms with E-state index < -0.39 is 11.7 Å². The van der Waals surface area contributed by atoms with Crippen molar-refractivity contribution in [2.75, 3.05) is 19.6 Å². The summed E-state index contributed by atoms with van der Waals surface area (Å²) in [5.41, 5.74) is 2.53. The Bertz CT molecular complexity index is 896. The largest absolute Gasteiger partial charge is 0.352 e. The summed E-state index contributed by atoms with van der Waals surface area (Å²) >= 11 is 3.23. The van der Waals surface area contributed by atoms with E-state index >= 15 is 0 Å². The maximum atomic E-state index is 13.3. The summed E-state index contributed by atoms with van der Waals surface area (Å²) in [6.07, 6.45) is 2.69. The maximum absolute atomic E-state index is 13.3. The highest BCUT2D eigenvalue weighted by atomic mass is 79.9. The fraction of sp³-hybridized carbons (Fsp3) is 0.417. The first-order valence-electron chi connectivity index (χ1n) is 10.7. The van der Waals surface area contributed by atoms with Crippen molar-refractivity contribution in [3.8, 4) is 0 Å². The number of carbonyl (C=O) groups excluding carboxylic acids is 2. The molecule has 1 heterocycles. The second-order valence-electron chi connectivity index (χ2n) is 8.18. The van der Waals surface area contributed by atoms with Crippen LogP contribution in [0.15, 0.2) is 46.9 Å². The molecular formula is C24H29BrFN3O2. The quantitative estimate of drug-likeness (QED) is 0.582. The number of rotatable bonds is 8. The minimum absolute atomic E-state index is 0.148. The zero-order chi connectivity index (χ0) is 22.2. The van der Waals surface area contributed by atoms with E-state index in [0.717, 1.165) is 37.2 Å². The zero-order valence-corrected chi connectivity index (χ0v) is 19.4. The number of hydrogen-bond acceptors (Lipinski definition) is 3.